The maximum atomic E-state index is 12.1. The minimum atomic E-state index is -0.987. The molecule has 0 aromatic heterocycles. The van der Waals surface area contributed by atoms with Crippen LogP contribution in [0.2, 0.25) is 0 Å². The first-order valence-electron chi connectivity index (χ1n) is 12.0. The molecule has 0 amide bonds. The Hall–Kier alpha value is -4.53. The lowest BCUT2D eigenvalue weighted by Gasteiger charge is -2.36. The number of rotatable bonds is 11. The van der Waals surface area contributed by atoms with Gasteiger partial charge in [0, 0.05) is 12.1 Å². The van der Waals surface area contributed by atoms with Crippen molar-refractivity contribution >= 4 is 11.8 Å². The summed E-state index contributed by atoms with van der Waals surface area (Å²) in [6.07, 6.45) is -1.90. The van der Waals surface area contributed by atoms with Gasteiger partial charge >= 0.3 is 6.16 Å². The molecule has 8 heteroatoms. The van der Waals surface area contributed by atoms with Gasteiger partial charge in [-0.2, -0.15) is 0 Å². The van der Waals surface area contributed by atoms with Gasteiger partial charge in [-0.1, -0.05) is 91.0 Å². The third-order valence-electron chi connectivity index (χ3n) is 5.81. The van der Waals surface area contributed by atoms with Crippen molar-refractivity contribution in [1.29, 1.82) is 0 Å². The maximum Gasteiger partial charge on any atom is 0.516 e. The standard InChI is InChI=1S/C30H27NO7/c1-23(37-29(32)38-28-19-17-27(18-20-28)31(33)34)35-21-22-36-30(24-11-5-2-6-12-24,25-13-7-3-8-14-25)26-15-9-4-10-16-26/h2-20,23H,21-22H2,1H3. The number of benzene rings is 4. The molecule has 194 valence electrons. The van der Waals surface area contributed by atoms with Gasteiger partial charge in [-0.25, -0.2) is 4.79 Å². The number of nitro benzene ring substituents is 1. The Morgan fingerprint density at radius 2 is 1.24 bits per heavy atom. The molecule has 0 aliphatic heterocycles. The fourth-order valence-electron chi connectivity index (χ4n) is 4.10. The van der Waals surface area contributed by atoms with Crippen molar-refractivity contribution in [2.45, 2.75) is 18.8 Å². The predicted molar refractivity (Wildman–Crippen MR) is 141 cm³/mol. The summed E-state index contributed by atoms with van der Waals surface area (Å²) in [5.74, 6) is 0.120. The van der Waals surface area contributed by atoms with Crippen molar-refractivity contribution in [3.63, 3.8) is 0 Å². The van der Waals surface area contributed by atoms with E-state index < -0.39 is 23.0 Å². The first-order chi connectivity index (χ1) is 18.5. The highest BCUT2D eigenvalue weighted by Crippen LogP contribution is 2.40. The number of carbonyl (C=O) groups is 1. The Morgan fingerprint density at radius 1 is 0.763 bits per heavy atom. The van der Waals surface area contributed by atoms with Gasteiger partial charge in [0.2, 0.25) is 6.29 Å². The first-order valence-corrected chi connectivity index (χ1v) is 12.0. The van der Waals surface area contributed by atoms with Gasteiger partial charge in [0.05, 0.1) is 18.1 Å². The third kappa shape index (κ3) is 6.42. The third-order valence-corrected chi connectivity index (χ3v) is 5.81. The van der Waals surface area contributed by atoms with E-state index >= 15 is 0 Å². The molecular formula is C30H27NO7. The quantitative estimate of drug-likeness (QED) is 0.0430. The van der Waals surface area contributed by atoms with Crippen LogP contribution in [0.4, 0.5) is 10.5 Å². The van der Waals surface area contributed by atoms with Crippen LogP contribution in [0.25, 0.3) is 0 Å². The highest BCUT2D eigenvalue weighted by Gasteiger charge is 2.37. The normalized spacial score (nSPS) is 11.9. The summed E-state index contributed by atoms with van der Waals surface area (Å²) >= 11 is 0. The second-order valence-corrected chi connectivity index (χ2v) is 8.29. The second-order valence-electron chi connectivity index (χ2n) is 8.29. The predicted octanol–water partition coefficient (Wildman–Crippen LogP) is 6.48. The highest BCUT2D eigenvalue weighted by atomic mass is 16.8. The van der Waals surface area contributed by atoms with Crippen LogP contribution in [0, 0.1) is 10.1 Å². The van der Waals surface area contributed by atoms with E-state index in [2.05, 4.69) is 0 Å². The van der Waals surface area contributed by atoms with Gasteiger partial charge < -0.3 is 18.9 Å². The Balaban J connectivity index is 1.41. The van der Waals surface area contributed by atoms with E-state index in [4.69, 9.17) is 18.9 Å². The monoisotopic (exact) mass is 513 g/mol. The number of non-ortho nitro benzene ring substituents is 1. The molecule has 0 aliphatic rings. The van der Waals surface area contributed by atoms with Crippen LogP contribution < -0.4 is 4.74 Å². The average Bonchev–Trinajstić information content (AvgIpc) is 2.95. The summed E-state index contributed by atoms with van der Waals surface area (Å²) in [6, 6.07) is 35.0. The lowest BCUT2D eigenvalue weighted by molar-refractivity contribution is -0.384. The number of carbonyl (C=O) groups excluding carboxylic acids is 1. The molecule has 4 aromatic rings. The van der Waals surface area contributed by atoms with Gasteiger partial charge in [-0.3, -0.25) is 10.1 Å². The Labute approximate surface area is 220 Å². The second kappa shape index (κ2) is 12.6. The van der Waals surface area contributed by atoms with E-state index in [-0.39, 0.29) is 24.7 Å². The van der Waals surface area contributed by atoms with Crippen molar-refractivity contribution in [2.24, 2.45) is 0 Å². The summed E-state index contributed by atoms with van der Waals surface area (Å²) in [5, 5.41) is 10.8. The van der Waals surface area contributed by atoms with E-state index in [0.29, 0.717) is 0 Å². The van der Waals surface area contributed by atoms with E-state index in [9.17, 15) is 14.9 Å². The zero-order valence-corrected chi connectivity index (χ0v) is 20.8. The molecule has 0 aliphatic carbocycles. The molecule has 0 saturated heterocycles. The fraction of sp³-hybridized carbons (Fsp3) is 0.167. The van der Waals surface area contributed by atoms with Gasteiger partial charge in [-0.05, 0) is 35.7 Å². The molecular weight excluding hydrogens is 486 g/mol. The largest absolute Gasteiger partial charge is 0.516 e. The summed E-state index contributed by atoms with van der Waals surface area (Å²) in [4.78, 5) is 22.3. The molecule has 4 aromatic carbocycles. The van der Waals surface area contributed by atoms with Gasteiger partial charge in [0.1, 0.15) is 11.4 Å². The van der Waals surface area contributed by atoms with Crippen molar-refractivity contribution < 1.29 is 28.7 Å². The van der Waals surface area contributed by atoms with Gasteiger partial charge in [0.25, 0.3) is 5.69 Å². The number of ether oxygens (including phenoxy) is 4. The molecule has 0 bridgehead atoms. The summed E-state index contributed by atoms with van der Waals surface area (Å²) in [6.45, 7) is 1.90. The smallest absolute Gasteiger partial charge is 0.404 e. The molecule has 0 saturated carbocycles. The summed E-state index contributed by atoms with van der Waals surface area (Å²) in [5.41, 5.74) is 1.90. The van der Waals surface area contributed by atoms with Crippen LogP contribution in [-0.2, 0) is 19.8 Å². The van der Waals surface area contributed by atoms with E-state index in [1.165, 1.54) is 24.3 Å². The van der Waals surface area contributed by atoms with Gasteiger partial charge in [-0.15, -0.1) is 0 Å². The first kappa shape index (κ1) is 26.5. The lowest BCUT2D eigenvalue weighted by Crippen LogP contribution is -2.34. The van der Waals surface area contributed by atoms with Crippen LogP contribution >= 0.6 is 0 Å². The van der Waals surface area contributed by atoms with Crippen LogP contribution in [0.1, 0.15) is 23.6 Å². The van der Waals surface area contributed by atoms with E-state index in [1.54, 1.807) is 6.92 Å². The van der Waals surface area contributed by atoms with Gasteiger partial charge in [0.15, 0.2) is 0 Å². The molecule has 1 atom stereocenters. The molecule has 4 rings (SSSR count). The van der Waals surface area contributed by atoms with E-state index in [0.717, 1.165) is 16.7 Å². The summed E-state index contributed by atoms with van der Waals surface area (Å²) in [7, 11) is 0. The highest BCUT2D eigenvalue weighted by molar-refractivity contribution is 5.64. The molecule has 0 heterocycles. The molecule has 0 spiro atoms. The topological polar surface area (TPSA) is 97.1 Å². The number of hydrogen-bond donors (Lipinski definition) is 0. The van der Waals surface area contributed by atoms with Crippen LogP contribution in [-0.4, -0.2) is 30.6 Å². The number of nitro groups is 1. The van der Waals surface area contributed by atoms with Crippen LogP contribution in [0.15, 0.2) is 115 Å². The molecule has 8 nitrogen and oxygen atoms in total. The number of hydrogen-bond acceptors (Lipinski definition) is 7. The van der Waals surface area contributed by atoms with Crippen LogP contribution in [0.3, 0.4) is 0 Å². The fourth-order valence-corrected chi connectivity index (χ4v) is 4.10. The minimum absolute atomic E-state index is 0.111. The van der Waals surface area contributed by atoms with Crippen LogP contribution in [0.5, 0.6) is 5.75 Å². The molecule has 0 fully saturated rings. The van der Waals surface area contributed by atoms with E-state index in [1.807, 2.05) is 91.0 Å². The lowest BCUT2D eigenvalue weighted by atomic mass is 9.80. The molecule has 1 unspecified atom stereocenters. The van der Waals surface area contributed by atoms with Crippen molar-refractivity contribution in [3.05, 3.63) is 142 Å². The zero-order chi connectivity index (χ0) is 26.8. The maximum absolute atomic E-state index is 12.1. The molecule has 0 radical (unpaired) electrons. The average molecular weight is 514 g/mol. The Kier molecular flexibility index (Phi) is 8.81. The minimum Gasteiger partial charge on any atom is -0.404 e. The van der Waals surface area contributed by atoms with Crippen molar-refractivity contribution in [3.8, 4) is 5.75 Å². The SMILES string of the molecule is CC(OCCOC(c1ccccc1)(c1ccccc1)c1ccccc1)OC(=O)Oc1ccc([N+](=O)[O-])cc1. The Bertz CT molecular complexity index is 1220. The molecule has 0 N–H and O–H groups in total. The summed E-state index contributed by atoms with van der Waals surface area (Å²) < 4.78 is 22.5. The molecule has 38 heavy (non-hydrogen) atoms. The Morgan fingerprint density at radius 3 is 1.68 bits per heavy atom. The van der Waals surface area contributed by atoms with Crippen molar-refractivity contribution in [2.75, 3.05) is 13.2 Å². The van der Waals surface area contributed by atoms with Crippen molar-refractivity contribution in [1.82, 2.24) is 0 Å². The zero-order valence-electron chi connectivity index (χ0n) is 20.8. The number of nitrogens with zero attached hydrogens (tertiary/aromatic N) is 1.